The molecule has 4 heteroatoms. The van der Waals surface area contributed by atoms with Gasteiger partial charge in [0.2, 0.25) is 0 Å². The summed E-state index contributed by atoms with van der Waals surface area (Å²) in [7, 11) is 1.62. The standard InChI is InChI=1S/C17H16ClNO2/c1-12-7-13(10-19)3-4-15(12)11-21-17-8-16(20-2)6-5-14(17)9-18/h3-8H,9,11H2,1-2H3. The molecule has 0 radical (unpaired) electrons. The predicted molar refractivity (Wildman–Crippen MR) is 82.8 cm³/mol. The monoisotopic (exact) mass is 301 g/mol. The van der Waals surface area contributed by atoms with Crippen LogP contribution in [0.3, 0.4) is 0 Å². The second kappa shape index (κ2) is 7.01. The van der Waals surface area contributed by atoms with Crippen molar-refractivity contribution < 1.29 is 9.47 Å². The Morgan fingerprint density at radius 3 is 2.52 bits per heavy atom. The Morgan fingerprint density at radius 1 is 1.14 bits per heavy atom. The number of rotatable bonds is 5. The number of halogens is 1. The van der Waals surface area contributed by atoms with Crippen LogP contribution in [0.25, 0.3) is 0 Å². The molecule has 0 aliphatic heterocycles. The summed E-state index contributed by atoms with van der Waals surface area (Å²) in [5, 5.41) is 8.88. The number of benzene rings is 2. The molecule has 2 rings (SSSR count). The summed E-state index contributed by atoms with van der Waals surface area (Å²) in [6.45, 7) is 2.39. The summed E-state index contributed by atoms with van der Waals surface area (Å²) < 4.78 is 11.1. The van der Waals surface area contributed by atoms with E-state index in [2.05, 4.69) is 6.07 Å². The van der Waals surface area contributed by atoms with Crippen molar-refractivity contribution in [3.05, 3.63) is 58.7 Å². The van der Waals surface area contributed by atoms with E-state index >= 15 is 0 Å². The first-order valence-electron chi connectivity index (χ1n) is 6.53. The lowest BCUT2D eigenvalue weighted by Gasteiger charge is -2.13. The molecule has 0 saturated carbocycles. The molecule has 0 saturated heterocycles. The van der Waals surface area contributed by atoms with Crippen molar-refractivity contribution in [2.75, 3.05) is 7.11 Å². The van der Waals surface area contributed by atoms with Crippen LogP contribution in [0, 0.1) is 18.3 Å². The van der Waals surface area contributed by atoms with Gasteiger partial charge in [-0.05, 0) is 36.2 Å². The molecule has 108 valence electrons. The van der Waals surface area contributed by atoms with Gasteiger partial charge in [-0.3, -0.25) is 0 Å². The Kier molecular flexibility index (Phi) is 5.08. The molecule has 0 aliphatic rings. The highest BCUT2D eigenvalue weighted by Gasteiger charge is 2.07. The van der Waals surface area contributed by atoms with E-state index in [1.807, 2.05) is 37.3 Å². The van der Waals surface area contributed by atoms with E-state index in [0.717, 1.165) is 22.4 Å². The molecule has 0 heterocycles. The van der Waals surface area contributed by atoms with Gasteiger partial charge in [-0.1, -0.05) is 12.1 Å². The van der Waals surface area contributed by atoms with Gasteiger partial charge >= 0.3 is 0 Å². The maximum absolute atomic E-state index is 8.88. The second-order valence-electron chi connectivity index (χ2n) is 4.65. The Labute approximate surface area is 129 Å². The molecule has 3 nitrogen and oxygen atoms in total. The summed E-state index contributed by atoms with van der Waals surface area (Å²) in [6.07, 6.45) is 0. The first-order valence-corrected chi connectivity index (χ1v) is 7.06. The zero-order chi connectivity index (χ0) is 15.2. The normalized spacial score (nSPS) is 10.0. The number of hydrogen-bond donors (Lipinski definition) is 0. The quantitative estimate of drug-likeness (QED) is 0.778. The Bertz CT molecular complexity index is 677. The molecule has 21 heavy (non-hydrogen) atoms. The summed E-state index contributed by atoms with van der Waals surface area (Å²) in [6, 6.07) is 13.3. The summed E-state index contributed by atoms with van der Waals surface area (Å²) in [4.78, 5) is 0. The number of nitriles is 1. The third-order valence-corrected chi connectivity index (χ3v) is 3.56. The molecular weight excluding hydrogens is 286 g/mol. The summed E-state index contributed by atoms with van der Waals surface area (Å²) >= 11 is 5.92. The molecule has 0 unspecified atom stereocenters. The fraction of sp³-hybridized carbons (Fsp3) is 0.235. The molecule has 0 fully saturated rings. The summed E-state index contributed by atoms with van der Waals surface area (Å²) in [5.74, 6) is 1.83. The largest absolute Gasteiger partial charge is 0.497 e. The molecule has 0 bridgehead atoms. The molecular formula is C17H16ClNO2. The van der Waals surface area contributed by atoms with Crippen molar-refractivity contribution in [3.8, 4) is 17.6 Å². The second-order valence-corrected chi connectivity index (χ2v) is 4.92. The van der Waals surface area contributed by atoms with Crippen molar-refractivity contribution in [1.82, 2.24) is 0 Å². The number of nitrogens with zero attached hydrogens (tertiary/aromatic N) is 1. The van der Waals surface area contributed by atoms with Crippen molar-refractivity contribution in [2.24, 2.45) is 0 Å². The van der Waals surface area contributed by atoms with Gasteiger partial charge in [-0.25, -0.2) is 0 Å². The lowest BCUT2D eigenvalue weighted by atomic mass is 10.1. The average molecular weight is 302 g/mol. The van der Waals surface area contributed by atoms with Crippen LogP contribution in [0.2, 0.25) is 0 Å². The lowest BCUT2D eigenvalue weighted by molar-refractivity contribution is 0.300. The van der Waals surface area contributed by atoms with Gasteiger partial charge in [-0.2, -0.15) is 5.26 Å². The van der Waals surface area contributed by atoms with Gasteiger partial charge in [0.15, 0.2) is 0 Å². The first kappa shape index (κ1) is 15.2. The minimum absolute atomic E-state index is 0.381. The van der Waals surface area contributed by atoms with Gasteiger partial charge in [-0.15, -0.1) is 11.6 Å². The van der Waals surface area contributed by atoms with Gasteiger partial charge in [0.1, 0.15) is 18.1 Å². The van der Waals surface area contributed by atoms with E-state index in [4.69, 9.17) is 26.3 Å². The fourth-order valence-electron chi connectivity index (χ4n) is 1.99. The van der Waals surface area contributed by atoms with Crippen LogP contribution in [0.4, 0.5) is 0 Å². The molecule has 0 spiro atoms. The highest BCUT2D eigenvalue weighted by Crippen LogP contribution is 2.27. The average Bonchev–Trinajstić information content (AvgIpc) is 2.53. The Hall–Kier alpha value is -2.18. The third kappa shape index (κ3) is 3.68. The van der Waals surface area contributed by atoms with Crippen LogP contribution in [0.15, 0.2) is 36.4 Å². The van der Waals surface area contributed by atoms with Crippen LogP contribution in [-0.2, 0) is 12.5 Å². The molecule has 0 amide bonds. The first-order chi connectivity index (χ1) is 10.2. The lowest BCUT2D eigenvalue weighted by Crippen LogP contribution is -2.00. The van der Waals surface area contributed by atoms with E-state index in [0.29, 0.717) is 23.8 Å². The fourth-order valence-corrected chi connectivity index (χ4v) is 2.21. The highest BCUT2D eigenvalue weighted by molar-refractivity contribution is 6.17. The van der Waals surface area contributed by atoms with E-state index in [-0.39, 0.29) is 0 Å². The smallest absolute Gasteiger partial charge is 0.127 e. The van der Waals surface area contributed by atoms with Gasteiger partial charge in [0, 0.05) is 11.6 Å². The maximum atomic E-state index is 8.88. The SMILES string of the molecule is COc1ccc(CCl)c(OCc2ccc(C#N)cc2C)c1. The van der Waals surface area contributed by atoms with Crippen LogP contribution in [-0.4, -0.2) is 7.11 Å². The number of methoxy groups -OCH3 is 1. The predicted octanol–water partition coefficient (Wildman–Crippen LogP) is 4.19. The van der Waals surface area contributed by atoms with Gasteiger partial charge in [0.25, 0.3) is 0 Å². The van der Waals surface area contributed by atoms with Gasteiger partial charge < -0.3 is 9.47 Å². The topological polar surface area (TPSA) is 42.2 Å². The number of aryl methyl sites for hydroxylation is 1. The Morgan fingerprint density at radius 2 is 1.90 bits per heavy atom. The zero-order valence-electron chi connectivity index (χ0n) is 12.0. The van der Waals surface area contributed by atoms with Crippen molar-refractivity contribution >= 4 is 11.6 Å². The van der Waals surface area contributed by atoms with E-state index in [1.54, 1.807) is 13.2 Å². The van der Waals surface area contributed by atoms with Crippen LogP contribution in [0.5, 0.6) is 11.5 Å². The molecule has 0 aromatic heterocycles. The number of hydrogen-bond acceptors (Lipinski definition) is 3. The van der Waals surface area contributed by atoms with Crippen molar-refractivity contribution in [2.45, 2.75) is 19.4 Å². The van der Waals surface area contributed by atoms with Crippen molar-refractivity contribution in [1.29, 1.82) is 5.26 Å². The Balaban J connectivity index is 2.18. The van der Waals surface area contributed by atoms with E-state index in [1.165, 1.54) is 0 Å². The maximum Gasteiger partial charge on any atom is 0.127 e. The minimum Gasteiger partial charge on any atom is -0.497 e. The molecule has 0 atom stereocenters. The van der Waals surface area contributed by atoms with Crippen LogP contribution in [0.1, 0.15) is 22.3 Å². The zero-order valence-corrected chi connectivity index (χ0v) is 12.8. The minimum atomic E-state index is 0.381. The van der Waals surface area contributed by atoms with Crippen LogP contribution < -0.4 is 9.47 Å². The van der Waals surface area contributed by atoms with E-state index in [9.17, 15) is 0 Å². The molecule has 0 aliphatic carbocycles. The molecule has 2 aromatic rings. The molecule has 2 aromatic carbocycles. The molecule has 0 N–H and O–H groups in total. The van der Waals surface area contributed by atoms with Crippen molar-refractivity contribution in [3.63, 3.8) is 0 Å². The summed E-state index contributed by atoms with van der Waals surface area (Å²) in [5.41, 5.74) is 3.64. The number of ether oxygens (including phenoxy) is 2. The highest BCUT2D eigenvalue weighted by atomic mass is 35.5. The van der Waals surface area contributed by atoms with Crippen LogP contribution >= 0.6 is 11.6 Å². The van der Waals surface area contributed by atoms with Gasteiger partial charge in [0.05, 0.1) is 24.6 Å². The third-order valence-electron chi connectivity index (χ3n) is 3.27. The number of alkyl halides is 1. The van der Waals surface area contributed by atoms with E-state index < -0.39 is 0 Å².